The molecule has 5 nitrogen and oxygen atoms in total. The quantitative estimate of drug-likeness (QED) is 0.763. The zero-order valence-corrected chi connectivity index (χ0v) is 11.9. The van der Waals surface area contributed by atoms with Crippen molar-refractivity contribution >= 4 is 23.8 Å². The van der Waals surface area contributed by atoms with E-state index in [9.17, 15) is 9.59 Å². The predicted octanol–water partition coefficient (Wildman–Crippen LogP) is 1.63. The molecule has 0 aromatic heterocycles. The van der Waals surface area contributed by atoms with Crippen molar-refractivity contribution in [3.05, 3.63) is 0 Å². The minimum Gasteiger partial charge on any atom is -0.480 e. The van der Waals surface area contributed by atoms with Gasteiger partial charge in [-0.25, -0.2) is 4.79 Å². The molecular formula is C11H22N2O3S. The molecule has 0 aromatic carbocycles. The number of rotatable bonds is 6. The molecule has 0 rings (SSSR count). The van der Waals surface area contributed by atoms with Crippen LogP contribution in [0.2, 0.25) is 0 Å². The average molecular weight is 262 g/mol. The summed E-state index contributed by atoms with van der Waals surface area (Å²) in [5.74, 6) is -1.00. The first-order chi connectivity index (χ1) is 7.69. The molecule has 0 aliphatic heterocycles. The van der Waals surface area contributed by atoms with Crippen LogP contribution in [0, 0.1) is 0 Å². The number of hydrogen-bond acceptors (Lipinski definition) is 3. The SMILES string of the molecule is CSC(C)(C)CNC(=O)N(CC(=O)O)C(C)C. The van der Waals surface area contributed by atoms with Gasteiger partial charge in [-0.15, -0.1) is 0 Å². The molecule has 100 valence electrons. The molecule has 0 radical (unpaired) electrons. The van der Waals surface area contributed by atoms with Crippen molar-refractivity contribution in [3.8, 4) is 0 Å². The first-order valence-corrected chi connectivity index (χ1v) is 6.73. The van der Waals surface area contributed by atoms with Crippen molar-refractivity contribution in [1.82, 2.24) is 10.2 Å². The van der Waals surface area contributed by atoms with Crippen LogP contribution in [0.4, 0.5) is 4.79 Å². The monoisotopic (exact) mass is 262 g/mol. The third-order valence-corrected chi connectivity index (χ3v) is 3.66. The maximum Gasteiger partial charge on any atom is 0.323 e. The van der Waals surface area contributed by atoms with E-state index in [1.807, 2.05) is 20.1 Å². The van der Waals surface area contributed by atoms with E-state index in [-0.39, 0.29) is 23.4 Å². The topological polar surface area (TPSA) is 69.6 Å². The zero-order valence-electron chi connectivity index (χ0n) is 11.1. The summed E-state index contributed by atoms with van der Waals surface area (Å²) in [6.45, 7) is 7.87. The van der Waals surface area contributed by atoms with Gasteiger partial charge in [-0.05, 0) is 34.0 Å². The second-order valence-corrected chi connectivity index (χ2v) is 6.25. The minimum atomic E-state index is -1.00. The summed E-state index contributed by atoms with van der Waals surface area (Å²) in [6.07, 6.45) is 1.98. The van der Waals surface area contributed by atoms with Crippen LogP contribution in [0.15, 0.2) is 0 Å². The van der Waals surface area contributed by atoms with Crippen molar-refractivity contribution in [1.29, 1.82) is 0 Å². The number of carbonyl (C=O) groups is 2. The molecule has 0 saturated carbocycles. The van der Waals surface area contributed by atoms with Gasteiger partial charge in [-0.1, -0.05) is 0 Å². The molecule has 0 heterocycles. The molecular weight excluding hydrogens is 240 g/mol. The maximum atomic E-state index is 11.8. The summed E-state index contributed by atoms with van der Waals surface area (Å²) >= 11 is 1.65. The molecule has 0 fully saturated rings. The van der Waals surface area contributed by atoms with Crippen LogP contribution in [0.1, 0.15) is 27.7 Å². The Hall–Kier alpha value is -0.910. The van der Waals surface area contributed by atoms with E-state index in [1.165, 1.54) is 4.90 Å². The highest BCUT2D eigenvalue weighted by Crippen LogP contribution is 2.19. The van der Waals surface area contributed by atoms with Crippen molar-refractivity contribution in [2.45, 2.75) is 38.5 Å². The van der Waals surface area contributed by atoms with E-state index in [2.05, 4.69) is 5.32 Å². The molecule has 17 heavy (non-hydrogen) atoms. The van der Waals surface area contributed by atoms with Gasteiger partial charge in [0.1, 0.15) is 6.54 Å². The molecule has 0 unspecified atom stereocenters. The Morgan fingerprint density at radius 1 is 1.41 bits per heavy atom. The standard InChI is InChI=1S/C11H22N2O3S/c1-8(2)13(6-9(14)15)10(16)12-7-11(3,4)17-5/h8H,6-7H2,1-5H3,(H,12,16)(H,14,15). The first kappa shape index (κ1) is 16.1. The molecule has 0 aliphatic rings. The van der Waals surface area contributed by atoms with Crippen LogP contribution in [-0.4, -0.2) is 52.1 Å². The Morgan fingerprint density at radius 2 is 1.94 bits per heavy atom. The third kappa shape index (κ3) is 6.41. The summed E-state index contributed by atoms with van der Waals surface area (Å²) in [5.41, 5.74) is 0. The highest BCUT2D eigenvalue weighted by Gasteiger charge is 2.22. The second-order valence-electron chi connectivity index (χ2n) is 4.74. The number of aliphatic carboxylic acids is 1. The number of thioether (sulfide) groups is 1. The first-order valence-electron chi connectivity index (χ1n) is 5.51. The van der Waals surface area contributed by atoms with Gasteiger partial charge in [0.25, 0.3) is 0 Å². The fourth-order valence-electron chi connectivity index (χ4n) is 1.10. The number of carboxylic acids is 1. The van der Waals surface area contributed by atoms with Gasteiger partial charge in [-0.2, -0.15) is 11.8 Å². The number of hydrogen-bond donors (Lipinski definition) is 2. The van der Waals surface area contributed by atoms with Crippen LogP contribution in [0.3, 0.4) is 0 Å². The number of carboxylic acid groups (broad SMARTS) is 1. The summed E-state index contributed by atoms with van der Waals surface area (Å²) < 4.78 is -0.0540. The lowest BCUT2D eigenvalue weighted by molar-refractivity contribution is -0.138. The highest BCUT2D eigenvalue weighted by molar-refractivity contribution is 7.99. The zero-order chi connectivity index (χ0) is 13.6. The molecule has 2 amide bonds. The van der Waals surface area contributed by atoms with Gasteiger partial charge in [0.2, 0.25) is 0 Å². The average Bonchev–Trinajstić information content (AvgIpc) is 2.22. The Bertz CT molecular complexity index is 280. The van der Waals surface area contributed by atoms with E-state index in [0.29, 0.717) is 6.54 Å². The summed E-state index contributed by atoms with van der Waals surface area (Å²) in [6, 6.07) is -0.465. The summed E-state index contributed by atoms with van der Waals surface area (Å²) in [4.78, 5) is 23.8. The van der Waals surface area contributed by atoms with Gasteiger partial charge in [-0.3, -0.25) is 4.79 Å². The lowest BCUT2D eigenvalue weighted by Crippen LogP contribution is -2.49. The van der Waals surface area contributed by atoms with Crippen LogP contribution in [-0.2, 0) is 4.79 Å². The van der Waals surface area contributed by atoms with Crippen LogP contribution >= 0.6 is 11.8 Å². The molecule has 0 saturated heterocycles. The lowest BCUT2D eigenvalue weighted by Gasteiger charge is -2.28. The Balaban J connectivity index is 4.39. The van der Waals surface area contributed by atoms with E-state index >= 15 is 0 Å². The molecule has 6 heteroatoms. The fraction of sp³-hybridized carbons (Fsp3) is 0.818. The third-order valence-electron chi connectivity index (χ3n) is 2.41. The van der Waals surface area contributed by atoms with Gasteiger partial charge in [0.05, 0.1) is 0 Å². The van der Waals surface area contributed by atoms with Gasteiger partial charge in [0, 0.05) is 17.3 Å². The van der Waals surface area contributed by atoms with Crippen molar-refractivity contribution < 1.29 is 14.7 Å². The number of carbonyl (C=O) groups excluding carboxylic acids is 1. The largest absolute Gasteiger partial charge is 0.480 e. The molecule has 2 N–H and O–H groups in total. The minimum absolute atomic E-state index is 0.0540. The van der Waals surface area contributed by atoms with E-state index in [1.54, 1.807) is 25.6 Å². The van der Waals surface area contributed by atoms with Crippen LogP contribution < -0.4 is 5.32 Å². The number of amides is 2. The molecule has 0 atom stereocenters. The van der Waals surface area contributed by atoms with Crippen LogP contribution in [0.25, 0.3) is 0 Å². The normalized spacial score (nSPS) is 11.4. The van der Waals surface area contributed by atoms with E-state index in [4.69, 9.17) is 5.11 Å². The van der Waals surface area contributed by atoms with E-state index < -0.39 is 5.97 Å². The van der Waals surface area contributed by atoms with Gasteiger partial charge < -0.3 is 15.3 Å². The number of nitrogens with zero attached hydrogens (tertiary/aromatic N) is 1. The van der Waals surface area contributed by atoms with Gasteiger partial charge >= 0.3 is 12.0 Å². The van der Waals surface area contributed by atoms with Crippen LogP contribution in [0.5, 0.6) is 0 Å². The fourth-order valence-corrected chi connectivity index (χ4v) is 1.31. The molecule has 0 aromatic rings. The smallest absolute Gasteiger partial charge is 0.323 e. The van der Waals surface area contributed by atoms with Crippen molar-refractivity contribution in [2.24, 2.45) is 0 Å². The predicted molar refractivity (Wildman–Crippen MR) is 70.5 cm³/mol. The molecule has 0 bridgehead atoms. The summed E-state index contributed by atoms with van der Waals surface area (Å²) in [7, 11) is 0. The van der Waals surface area contributed by atoms with Gasteiger partial charge in [0.15, 0.2) is 0 Å². The lowest BCUT2D eigenvalue weighted by atomic mass is 10.2. The maximum absolute atomic E-state index is 11.8. The second kappa shape index (κ2) is 6.74. The highest BCUT2D eigenvalue weighted by atomic mass is 32.2. The van der Waals surface area contributed by atoms with E-state index in [0.717, 1.165) is 0 Å². The molecule has 0 spiro atoms. The van der Waals surface area contributed by atoms with Crippen molar-refractivity contribution in [2.75, 3.05) is 19.3 Å². The Kier molecular flexibility index (Phi) is 6.37. The Labute approximate surface area is 107 Å². The number of urea groups is 1. The summed E-state index contributed by atoms with van der Waals surface area (Å²) in [5, 5.41) is 11.5. The van der Waals surface area contributed by atoms with Crippen molar-refractivity contribution in [3.63, 3.8) is 0 Å². The number of nitrogens with one attached hydrogen (secondary N) is 1. The molecule has 0 aliphatic carbocycles. The Morgan fingerprint density at radius 3 is 2.29 bits per heavy atom.